The predicted molar refractivity (Wildman–Crippen MR) is 99.8 cm³/mol. The normalized spacial score (nSPS) is 10.6. The van der Waals surface area contributed by atoms with Crippen LogP contribution in [0.15, 0.2) is 61.2 Å². The van der Waals surface area contributed by atoms with Crippen LogP contribution in [0.5, 0.6) is 0 Å². The molecular formula is C19H17Cl2N3O. The lowest BCUT2D eigenvalue weighted by Gasteiger charge is -2.09. The number of benzene rings is 2. The summed E-state index contributed by atoms with van der Waals surface area (Å²) in [4.78, 5) is 16.2. The largest absolute Gasteiger partial charge is 0.352 e. The molecule has 1 aromatic heterocycles. The molecule has 0 spiro atoms. The predicted octanol–water partition coefficient (Wildman–Crippen LogP) is 4.10. The van der Waals surface area contributed by atoms with Crippen molar-refractivity contribution in [1.82, 2.24) is 14.9 Å². The molecule has 128 valence electrons. The third kappa shape index (κ3) is 5.08. The molecule has 1 amide bonds. The Hall–Kier alpha value is -2.30. The fraction of sp³-hybridized carbons (Fsp3) is 0.158. The number of carbonyl (C=O) groups excluding carboxylic acids is 1. The molecule has 3 rings (SSSR count). The number of aromatic nitrogens is 2. The molecule has 0 atom stereocenters. The quantitative estimate of drug-likeness (QED) is 0.706. The van der Waals surface area contributed by atoms with Gasteiger partial charge in [-0.15, -0.1) is 0 Å². The van der Waals surface area contributed by atoms with Crippen LogP contribution < -0.4 is 5.32 Å². The second kappa shape index (κ2) is 8.19. The Bertz CT molecular complexity index is 863. The zero-order valence-corrected chi connectivity index (χ0v) is 15.0. The van der Waals surface area contributed by atoms with Crippen LogP contribution in [0.1, 0.15) is 16.7 Å². The van der Waals surface area contributed by atoms with Crippen molar-refractivity contribution >= 4 is 29.1 Å². The SMILES string of the molecule is O=C(Cc1ccc(Cl)cc1Cl)NCc1cccc(Cn2ccnc2)c1. The first kappa shape index (κ1) is 17.5. The monoisotopic (exact) mass is 373 g/mol. The lowest BCUT2D eigenvalue weighted by molar-refractivity contribution is -0.120. The zero-order valence-electron chi connectivity index (χ0n) is 13.5. The molecule has 0 fully saturated rings. The van der Waals surface area contributed by atoms with Gasteiger partial charge in [-0.1, -0.05) is 53.5 Å². The van der Waals surface area contributed by atoms with E-state index in [1.165, 1.54) is 0 Å². The topological polar surface area (TPSA) is 46.9 Å². The minimum atomic E-state index is -0.0794. The first-order valence-corrected chi connectivity index (χ1v) is 8.60. The third-order valence-electron chi connectivity index (χ3n) is 3.77. The molecule has 0 aliphatic rings. The van der Waals surface area contributed by atoms with Crippen LogP contribution >= 0.6 is 23.2 Å². The highest BCUT2D eigenvalue weighted by Gasteiger charge is 2.08. The summed E-state index contributed by atoms with van der Waals surface area (Å²) in [5, 5.41) is 3.99. The van der Waals surface area contributed by atoms with Gasteiger partial charge in [0, 0.05) is 35.5 Å². The number of hydrogen-bond donors (Lipinski definition) is 1. The van der Waals surface area contributed by atoms with Crippen molar-refractivity contribution in [3.8, 4) is 0 Å². The van der Waals surface area contributed by atoms with Crippen molar-refractivity contribution in [3.63, 3.8) is 0 Å². The maximum absolute atomic E-state index is 12.1. The van der Waals surface area contributed by atoms with E-state index in [1.807, 2.05) is 22.9 Å². The smallest absolute Gasteiger partial charge is 0.224 e. The van der Waals surface area contributed by atoms with Gasteiger partial charge < -0.3 is 9.88 Å². The minimum absolute atomic E-state index is 0.0794. The fourth-order valence-corrected chi connectivity index (χ4v) is 3.01. The minimum Gasteiger partial charge on any atom is -0.352 e. The second-order valence-corrected chi connectivity index (χ2v) is 6.59. The fourth-order valence-electron chi connectivity index (χ4n) is 2.53. The first-order valence-electron chi connectivity index (χ1n) is 7.84. The van der Waals surface area contributed by atoms with E-state index in [9.17, 15) is 4.79 Å². The van der Waals surface area contributed by atoms with Crippen molar-refractivity contribution in [1.29, 1.82) is 0 Å². The molecule has 3 aromatic rings. The van der Waals surface area contributed by atoms with Gasteiger partial charge in [0.2, 0.25) is 5.91 Å². The number of nitrogens with zero attached hydrogens (tertiary/aromatic N) is 2. The first-order chi connectivity index (χ1) is 12.1. The number of imidazole rings is 1. The zero-order chi connectivity index (χ0) is 17.6. The molecule has 25 heavy (non-hydrogen) atoms. The molecule has 0 aliphatic carbocycles. The van der Waals surface area contributed by atoms with Gasteiger partial charge in [-0.05, 0) is 28.8 Å². The highest BCUT2D eigenvalue weighted by atomic mass is 35.5. The van der Waals surface area contributed by atoms with Crippen LogP contribution in [0.2, 0.25) is 10.0 Å². The van der Waals surface area contributed by atoms with E-state index in [0.29, 0.717) is 16.6 Å². The Morgan fingerprint density at radius 2 is 1.96 bits per heavy atom. The molecule has 0 unspecified atom stereocenters. The van der Waals surface area contributed by atoms with Crippen LogP contribution in [0.3, 0.4) is 0 Å². The highest BCUT2D eigenvalue weighted by molar-refractivity contribution is 6.35. The van der Waals surface area contributed by atoms with E-state index in [2.05, 4.69) is 22.4 Å². The number of carbonyl (C=O) groups is 1. The lowest BCUT2D eigenvalue weighted by atomic mass is 10.1. The molecule has 0 radical (unpaired) electrons. The average molecular weight is 374 g/mol. The Morgan fingerprint density at radius 3 is 2.72 bits per heavy atom. The molecule has 0 aliphatic heterocycles. The van der Waals surface area contributed by atoms with Crippen LogP contribution in [-0.2, 0) is 24.3 Å². The summed E-state index contributed by atoms with van der Waals surface area (Å²) >= 11 is 12.0. The summed E-state index contributed by atoms with van der Waals surface area (Å²) in [6.07, 6.45) is 5.69. The molecule has 1 heterocycles. The van der Waals surface area contributed by atoms with E-state index in [0.717, 1.165) is 23.2 Å². The summed E-state index contributed by atoms with van der Waals surface area (Å²) in [6.45, 7) is 1.23. The Balaban J connectivity index is 1.56. The Kier molecular flexibility index (Phi) is 5.74. The summed E-state index contributed by atoms with van der Waals surface area (Å²) in [6, 6.07) is 13.3. The Labute approximate surface area is 156 Å². The summed E-state index contributed by atoms with van der Waals surface area (Å²) in [5.74, 6) is -0.0794. The highest BCUT2D eigenvalue weighted by Crippen LogP contribution is 2.21. The number of halogens is 2. The van der Waals surface area contributed by atoms with E-state index in [4.69, 9.17) is 23.2 Å². The van der Waals surface area contributed by atoms with Crippen molar-refractivity contribution in [3.05, 3.63) is 87.9 Å². The molecule has 0 saturated carbocycles. The van der Waals surface area contributed by atoms with Crippen LogP contribution in [0.25, 0.3) is 0 Å². The molecule has 4 nitrogen and oxygen atoms in total. The molecular weight excluding hydrogens is 357 g/mol. The molecule has 1 N–H and O–H groups in total. The van der Waals surface area contributed by atoms with Gasteiger partial charge in [0.25, 0.3) is 0 Å². The molecule has 0 bridgehead atoms. The van der Waals surface area contributed by atoms with Gasteiger partial charge in [0.15, 0.2) is 0 Å². The number of nitrogens with one attached hydrogen (secondary N) is 1. The van der Waals surface area contributed by atoms with Crippen molar-refractivity contribution in [2.24, 2.45) is 0 Å². The van der Waals surface area contributed by atoms with Gasteiger partial charge in [-0.3, -0.25) is 4.79 Å². The van der Waals surface area contributed by atoms with Crippen molar-refractivity contribution in [2.45, 2.75) is 19.5 Å². The lowest BCUT2D eigenvalue weighted by Crippen LogP contribution is -2.24. The summed E-state index contributed by atoms with van der Waals surface area (Å²) in [5.41, 5.74) is 2.97. The van der Waals surface area contributed by atoms with E-state index in [1.54, 1.807) is 30.7 Å². The second-order valence-electron chi connectivity index (χ2n) is 5.74. The molecule has 0 saturated heterocycles. The van der Waals surface area contributed by atoms with E-state index in [-0.39, 0.29) is 12.3 Å². The van der Waals surface area contributed by atoms with Gasteiger partial charge in [0.1, 0.15) is 0 Å². The number of amides is 1. The van der Waals surface area contributed by atoms with Gasteiger partial charge in [-0.25, -0.2) is 4.98 Å². The summed E-state index contributed by atoms with van der Waals surface area (Å²) < 4.78 is 2.00. The summed E-state index contributed by atoms with van der Waals surface area (Å²) in [7, 11) is 0. The average Bonchev–Trinajstić information content (AvgIpc) is 3.09. The van der Waals surface area contributed by atoms with Crippen molar-refractivity contribution in [2.75, 3.05) is 0 Å². The Morgan fingerprint density at radius 1 is 1.12 bits per heavy atom. The maximum atomic E-state index is 12.1. The maximum Gasteiger partial charge on any atom is 0.224 e. The van der Waals surface area contributed by atoms with Crippen LogP contribution in [0, 0.1) is 0 Å². The van der Waals surface area contributed by atoms with Gasteiger partial charge in [0.05, 0.1) is 12.7 Å². The standard InChI is InChI=1S/C19H17Cl2N3O/c20-17-5-4-16(18(21)10-17)9-19(25)23-11-14-2-1-3-15(8-14)12-24-7-6-22-13-24/h1-8,10,13H,9,11-12H2,(H,23,25). The number of rotatable bonds is 6. The number of hydrogen-bond acceptors (Lipinski definition) is 2. The van der Waals surface area contributed by atoms with Crippen LogP contribution in [0.4, 0.5) is 0 Å². The van der Waals surface area contributed by atoms with Crippen molar-refractivity contribution < 1.29 is 4.79 Å². The van der Waals surface area contributed by atoms with E-state index < -0.39 is 0 Å². The third-order valence-corrected chi connectivity index (χ3v) is 4.36. The van der Waals surface area contributed by atoms with Crippen LogP contribution in [-0.4, -0.2) is 15.5 Å². The molecule has 2 aromatic carbocycles. The molecule has 6 heteroatoms. The van der Waals surface area contributed by atoms with E-state index >= 15 is 0 Å². The van der Waals surface area contributed by atoms with Gasteiger partial charge in [-0.2, -0.15) is 0 Å². The van der Waals surface area contributed by atoms with Gasteiger partial charge >= 0.3 is 0 Å².